The minimum absolute atomic E-state index is 0.369. The minimum atomic E-state index is -1.37. The molecule has 7 heteroatoms. The van der Waals surface area contributed by atoms with E-state index in [9.17, 15) is 13.6 Å². The predicted octanol–water partition coefficient (Wildman–Crippen LogP) is 3.74. The molecular weight excluding hydrogens is 298 g/mol. The number of benzene rings is 1. The first-order valence-electron chi connectivity index (χ1n) is 6.52. The summed E-state index contributed by atoms with van der Waals surface area (Å²) in [5.41, 5.74) is 0.191. The van der Waals surface area contributed by atoms with E-state index in [2.05, 4.69) is 10.3 Å². The summed E-state index contributed by atoms with van der Waals surface area (Å²) in [6.45, 7) is 0. The van der Waals surface area contributed by atoms with Gasteiger partial charge in [-0.05, 0) is 37.8 Å². The van der Waals surface area contributed by atoms with E-state index in [0.717, 1.165) is 48.4 Å². The lowest BCUT2D eigenvalue weighted by molar-refractivity contribution is 0.0696. The number of hydrogen-bond donors (Lipinski definition) is 2. The molecule has 3 rings (SSSR count). The average molecular weight is 310 g/mol. The summed E-state index contributed by atoms with van der Waals surface area (Å²) in [6, 6.07) is 1.59. The molecule has 4 nitrogen and oxygen atoms in total. The highest BCUT2D eigenvalue weighted by Crippen LogP contribution is 2.32. The van der Waals surface area contributed by atoms with E-state index in [1.54, 1.807) is 0 Å². The summed E-state index contributed by atoms with van der Waals surface area (Å²) in [4.78, 5) is 16.2. The number of halogens is 2. The Labute approximate surface area is 123 Å². The van der Waals surface area contributed by atoms with E-state index < -0.39 is 23.2 Å². The zero-order chi connectivity index (χ0) is 15.0. The monoisotopic (exact) mass is 310 g/mol. The highest BCUT2D eigenvalue weighted by molar-refractivity contribution is 7.15. The van der Waals surface area contributed by atoms with Gasteiger partial charge in [-0.1, -0.05) is 0 Å². The van der Waals surface area contributed by atoms with Crippen LogP contribution in [0.5, 0.6) is 0 Å². The third-order valence-electron chi connectivity index (χ3n) is 3.37. The third-order valence-corrected chi connectivity index (χ3v) is 4.44. The number of nitrogens with one attached hydrogen (secondary N) is 1. The van der Waals surface area contributed by atoms with Crippen LogP contribution < -0.4 is 5.32 Å². The molecule has 1 aliphatic carbocycles. The molecule has 0 atom stereocenters. The van der Waals surface area contributed by atoms with Gasteiger partial charge in [0.15, 0.2) is 16.8 Å². The number of aryl methyl sites for hydroxylation is 2. The first kappa shape index (κ1) is 13.9. The Balaban J connectivity index is 1.91. The van der Waals surface area contributed by atoms with E-state index in [1.165, 1.54) is 11.3 Å². The van der Waals surface area contributed by atoms with Crippen LogP contribution in [0.15, 0.2) is 12.1 Å². The van der Waals surface area contributed by atoms with Crippen LogP contribution in [-0.4, -0.2) is 16.1 Å². The molecule has 0 unspecified atom stereocenters. The number of aromatic nitrogens is 1. The molecule has 0 saturated heterocycles. The van der Waals surface area contributed by atoms with Gasteiger partial charge in [-0.3, -0.25) is 0 Å². The first-order valence-corrected chi connectivity index (χ1v) is 7.34. The maximum Gasteiger partial charge on any atom is 0.335 e. The number of fused-ring (bicyclic) bond motifs is 1. The minimum Gasteiger partial charge on any atom is -0.478 e. The van der Waals surface area contributed by atoms with Gasteiger partial charge in [-0.15, -0.1) is 11.3 Å². The summed E-state index contributed by atoms with van der Waals surface area (Å²) < 4.78 is 27.7. The van der Waals surface area contributed by atoms with Crippen LogP contribution in [0.4, 0.5) is 19.6 Å². The number of carboxylic acids is 1. The second kappa shape index (κ2) is 5.40. The molecule has 1 aromatic heterocycles. The second-order valence-corrected chi connectivity index (χ2v) is 5.92. The Bertz CT molecular complexity index is 668. The molecule has 0 bridgehead atoms. The molecular formula is C14H12F2N2O2S. The smallest absolute Gasteiger partial charge is 0.335 e. The van der Waals surface area contributed by atoms with Crippen LogP contribution in [0.25, 0.3) is 0 Å². The molecule has 21 heavy (non-hydrogen) atoms. The lowest BCUT2D eigenvalue weighted by Crippen LogP contribution is -2.03. The number of aromatic carboxylic acids is 1. The predicted molar refractivity (Wildman–Crippen MR) is 75.4 cm³/mol. The fourth-order valence-electron chi connectivity index (χ4n) is 2.33. The van der Waals surface area contributed by atoms with Crippen molar-refractivity contribution in [3.05, 3.63) is 39.9 Å². The Morgan fingerprint density at radius 3 is 2.52 bits per heavy atom. The standard InChI is InChI=1S/C14H12F2N2O2S/c15-8-5-7(13(19)20)6-9(16)12(8)18-14-17-10-3-1-2-4-11(10)21-14/h5-6H,1-4H2,(H,17,18)(H,19,20). The van der Waals surface area contributed by atoms with Crippen molar-refractivity contribution in [2.24, 2.45) is 0 Å². The van der Waals surface area contributed by atoms with Crippen LogP contribution in [0.3, 0.4) is 0 Å². The summed E-state index contributed by atoms with van der Waals surface area (Å²) in [5, 5.41) is 11.8. The van der Waals surface area contributed by atoms with Gasteiger partial charge in [0.05, 0.1) is 11.3 Å². The molecule has 110 valence electrons. The Kier molecular flexibility index (Phi) is 3.59. The number of thiazole rings is 1. The molecule has 0 radical (unpaired) electrons. The number of carboxylic acid groups (broad SMARTS) is 1. The van der Waals surface area contributed by atoms with Crippen molar-refractivity contribution in [1.29, 1.82) is 0 Å². The maximum atomic E-state index is 13.9. The van der Waals surface area contributed by atoms with Crippen LogP contribution in [0.2, 0.25) is 0 Å². The summed E-state index contributed by atoms with van der Waals surface area (Å²) in [6.07, 6.45) is 4.00. The van der Waals surface area contributed by atoms with E-state index in [1.807, 2.05) is 0 Å². The van der Waals surface area contributed by atoms with Crippen molar-refractivity contribution in [1.82, 2.24) is 4.98 Å². The number of hydrogen-bond acceptors (Lipinski definition) is 4. The van der Waals surface area contributed by atoms with Crippen molar-refractivity contribution in [2.45, 2.75) is 25.7 Å². The van der Waals surface area contributed by atoms with Crippen molar-refractivity contribution in [2.75, 3.05) is 5.32 Å². The highest BCUT2D eigenvalue weighted by Gasteiger charge is 2.19. The molecule has 2 N–H and O–H groups in total. The van der Waals surface area contributed by atoms with E-state index >= 15 is 0 Å². The SMILES string of the molecule is O=C(O)c1cc(F)c(Nc2nc3c(s2)CCCC3)c(F)c1. The number of rotatable bonds is 3. The Morgan fingerprint density at radius 1 is 1.24 bits per heavy atom. The fraction of sp³-hybridized carbons (Fsp3) is 0.286. The lowest BCUT2D eigenvalue weighted by Gasteiger charge is -2.07. The highest BCUT2D eigenvalue weighted by atomic mass is 32.1. The summed E-state index contributed by atoms with van der Waals surface area (Å²) in [5.74, 6) is -3.26. The van der Waals surface area contributed by atoms with Crippen LogP contribution >= 0.6 is 11.3 Å². The molecule has 0 amide bonds. The van der Waals surface area contributed by atoms with E-state index in [0.29, 0.717) is 5.13 Å². The van der Waals surface area contributed by atoms with Crippen molar-refractivity contribution < 1.29 is 18.7 Å². The van der Waals surface area contributed by atoms with Crippen LogP contribution in [0, 0.1) is 11.6 Å². The largest absolute Gasteiger partial charge is 0.478 e. The number of anilines is 2. The van der Waals surface area contributed by atoms with Gasteiger partial charge in [0.2, 0.25) is 0 Å². The van der Waals surface area contributed by atoms with Crippen molar-refractivity contribution >= 4 is 28.1 Å². The van der Waals surface area contributed by atoms with Crippen molar-refractivity contribution in [3.8, 4) is 0 Å². The van der Waals surface area contributed by atoms with Gasteiger partial charge in [-0.2, -0.15) is 0 Å². The summed E-state index contributed by atoms with van der Waals surface area (Å²) >= 11 is 1.39. The molecule has 1 aliphatic rings. The molecule has 0 saturated carbocycles. The normalized spacial score (nSPS) is 13.8. The molecule has 0 fully saturated rings. The van der Waals surface area contributed by atoms with Gasteiger partial charge >= 0.3 is 5.97 Å². The van der Waals surface area contributed by atoms with Gasteiger partial charge in [-0.25, -0.2) is 18.6 Å². The quantitative estimate of drug-likeness (QED) is 0.906. The molecule has 1 aromatic carbocycles. The van der Waals surface area contributed by atoms with Crippen molar-refractivity contribution in [3.63, 3.8) is 0 Å². The topological polar surface area (TPSA) is 62.2 Å². The van der Waals surface area contributed by atoms with Crippen LogP contribution in [0.1, 0.15) is 33.8 Å². The molecule has 0 aliphatic heterocycles. The van der Waals surface area contributed by atoms with Gasteiger partial charge < -0.3 is 10.4 Å². The number of carbonyl (C=O) groups is 1. The van der Waals surface area contributed by atoms with Gasteiger partial charge in [0.25, 0.3) is 0 Å². The fourth-order valence-corrected chi connectivity index (χ4v) is 3.38. The Hall–Kier alpha value is -2.02. The Morgan fingerprint density at radius 2 is 1.90 bits per heavy atom. The van der Waals surface area contributed by atoms with E-state index in [-0.39, 0.29) is 5.69 Å². The molecule has 1 heterocycles. The van der Waals surface area contributed by atoms with Gasteiger partial charge in [0, 0.05) is 4.88 Å². The summed E-state index contributed by atoms with van der Waals surface area (Å²) in [7, 11) is 0. The third kappa shape index (κ3) is 2.73. The lowest BCUT2D eigenvalue weighted by atomic mass is 10.0. The molecule has 0 spiro atoms. The van der Waals surface area contributed by atoms with Gasteiger partial charge in [0.1, 0.15) is 5.69 Å². The first-order chi connectivity index (χ1) is 10.0. The number of nitrogens with zero attached hydrogens (tertiary/aromatic N) is 1. The molecule has 2 aromatic rings. The zero-order valence-electron chi connectivity index (χ0n) is 10.9. The van der Waals surface area contributed by atoms with E-state index in [4.69, 9.17) is 5.11 Å². The second-order valence-electron chi connectivity index (χ2n) is 4.84. The zero-order valence-corrected chi connectivity index (χ0v) is 11.8. The van der Waals surface area contributed by atoms with Crippen LogP contribution in [-0.2, 0) is 12.8 Å². The maximum absolute atomic E-state index is 13.9. The average Bonchev–Trinajstić information content (AvgIpc) is 2.85.